The van der Waals surface area contributed by atoms with E-state index < -0.39 is 11.7 Å². The molecule has 1 saturated carbocycles. The first-order chi connectivity index (χ1) is 7.86. The summed E-state index contributed by atoms with van der Waals surface area (Å²) in [6.45, 7) is 2.10. The van der Waals surface area contributed by atoms with E-state index in [0.717, 1.165) is 18.9 Å². The molecule has 0 amide bonds. The number of benzene rings is 1. The van der Waals surface area contributed by atoms with Gasteiger partial charge in [0.2, 0.25) is 0 Å². The van der Waals surface area contributed by atoms with Crippen molar-refractivity contribution in [3.8, 4) is 0 Å². The Morgan fingerprint density at radius 3 is 2.47 bits per heavy atom. The van der Waals surface area contributed by atoms with Crippen LogP contribution in [-0.2, 0) is 6.18 Å². The lowest BCUT2D eigenvalue weighted by atomic mass is 9.81. The predicted octanol–water partition coefficient (Wildman–Crippen LogP) is 4.68. The summed E-state index contributed by atoms with van der Waals surface area (Å²) in [5, 5.41) is 2.97. The van der Waals surface area contributed by atoms with Crippen LogP contribution in [0.2, 0.25) is 0 Å². The van der Waals surface area contributed by atoms with Crippen LogP contribution in [0.3, 0.4) is 0 Å². The van der Waals surface area contributed by atoms with Gasteiger partial charge in [0, 0.05) is 16.2 Å². The summed E-state index contributed by atoms with van der Waals surface area (Å²) < 4.78 is 38.9. The molecule has 0 aliphatic heterocycles. The van der Waals surface area contributed by atoms with Gasteiger partial charge in [-0.2, -0.15) is 13.2 Å². The van der Waals surface area contributed by atoms with Gasteiger partial charge in [-0.25, -0.2) is 0 Å². The van der Waals surface area contributed by atoms with Gasteiger partial charge in [0.05, 0.1) is 5.56 Å². The highest BCUT2D eigenvalue weighted by Crippen LogP contribution is 2.38. The molecule has 0 unspecified atom stereocenters. The second kappa shape index (κ2) is 4.52. The summed E-state index contributed by atoms with van der Waals surface area (Å²) in [4.78, 5) is 0. The summed E-state index contributed by atoms with van der Waals surface area (Å²) >= 11 is 3.07. The fraction of sp³-hybridized carbons (Fsp3) is 0.500. The van der Waals surface area contributed by atoms with Crippen LogP contribution in [0.1, 0.15) is 25.3 Å². The molecule has 1 N–H and O–H groups in total. The molecular weight excluding hydrogens is 295 g/mol. The molecule has 5 heteroatoms. The van der Waals surface area contributed by atoms with Crippen molar-refractivity contribution >= 4 is 21.6 Å². The highest BCUT2D eigenvalue weighted by molar-refractivity contribution is 9.10. The molecule has 1 aromatic rings. The Balaban J connectivity index is 2.21. The van der Waals surface area contributed by atoms with Gasteiger partial charge in [-0.05, 0) is 37.0 Å². The van der Waals surface area contributed by atoms with Crippen molar-refractivity contribution in [2.75, 3.05) is 5.32 Å². The molecule has 2 rings (SSSR count). The van der Waals surface area contributed by atoms with Gasteiger partial charge in [0.15, 0.2) is 0 Å². The Hall–Kier alpha value is -0.710. The normalized spacial score (nSPS) is 24.3. The van der Waals surface area contributed by atoms with E-state index in [4.69, 9.17) is 0 Å². The maximum Gasteiger partial charge on any atom is 0.418 e. The van der Waals surface area contributed by atoms with Gasteiger partial charge in [-0.15, -0.1) is 0 Å². The number of anilines is 1. The summed E-state index contributed by atoms with van der Waals surface area (Å²) in [6.07, 6.45) is -2.44. The van der Waals surface area contributed by atoms with Gasteiger partial charge in [-0.3, -0.25) is 0 Å². The lowest BCUT2D eigenvalue weighted by Gasteiger charge is -2.34. The molecule has 0 atom stereocenters. The van der Waals surface area contributed by atoms with E-state index in [-0.39, 0.29) is 11.7 Å². The van der Waals surface area contributed by atoms with Gasteiger partial charge >= 0.3 is 6.18 Å². The van der Waals surface area contributed by atoms with Crippen LogP contribution in [0.15, 0.2) is 22.7 Å². The molecule has 1 fully saturated rings. The average Bonchev–Trinajstić information content (AvgIpc) is 2.16. The van der Waals surface area contributed by atoms with E-state index in [1.54, 1.807) is 6.07 Å². The Bertz CT molecular complexity index is 411. The van der Waals surface area contributed by atoms with Crippen molar-refractivity contribution < 1.29 is 13.2 Å². The zero-order valence-corrected chi connectivity index (χ0v) is 10.9. The van der Waals surface area contributed by atoms with E-state index in [2.05, 4.69) is 28.2 Å². The number of rotatable bonds is 2. The first-order valence-electron chi connectivity index (χ1n) is 5.49. The van der Waals surface area contributed by atoms with Crippen molar-refractivity contribution in [3.63, 3.8) is 0 Å². The Kier molecular flexibility index (Phi) is 3.39. The quantitative estimate of drug-likeness (QED) is 0.836. The molecule has 0 bridgehead atoms. The maximum atomic E-state index is 12.8. The maximum absolute atomic E-state index is 12.8. The van der Waals surface area contributed by atoms with Crippen LogP contribution in [0.5, 0.6) is 0 Å². The summed E-state index contributed by atoms with van der Waals surface area (Å²) in [6, 6.07) is 4.40. The van der Waals surface area contributed by atoms with Crippen LogP contribution >= 0.6 is 15.9 Å². The minimum absolute atomic E-state index is 0.173. The SMILES string of the molecule is CC1CC(Nc2ccc(Br)cc2C(F)(F)F)C1. The van der Waals surface area contributed by atoms with Gasteiger partial charge in [-0.1, -0.05) is 22.9 Å². The fourth-order valence-corrected chi connectivity index (χ4v) is 2.48. The molecule has 17 heavy (non-hydrogen) atoms. The third kappa shape index (κ3) is 2.94. The van der Waals surface area contributed by atoms with Crippen LogP contribution < -0.4 is 5.32 Å². The third-order valence-electron chi connectivity index (χ3n) is 3.02. The Morgan fingerprint density at radius 2 is 1.94 bits per heavy atom. The molecule has 0 radical (unpaired) electrons. The number of halogens is 4. The summed E-state index contributed by atoms with van der Waals surface area (Å²) in [7, 11) is 0. The molecule has 1 aromatic carbocycles. The Morgan fingerprint density at radius 1 is 1.29 bits per heavy atom. The lowest BCUT2D eigenvalue weighted by molar-refractivity contribution is -0.137. The topological polar surface area (TPSA) is 12.0 Å². The van der Waals surface area contributed by atoms with Crippen LogP contribution in [-0.4, -0.2) is 6.04 Å². The van der Waals surface area contributed by atoms with Gasteiger partial charge in [0.25, 0.3) is 0 Å². The van der Waals surface area contributed by atoms with Crippen LogP contribution in [0, 0.1) is 5.92 Å². The van der Waals surface area contributed by atoms with E-state index >= 15 is 0 Å². The van der Waals surface area contributed by atoms with E-state index in [1.807, 2.05) is 0 Å². The highest BCUT2D eigenvalue weighted by Gasteiger charge is 2.35. The predicted molar refractivity (Wildman–Crippen MR) is 65.0 cm³/mol. The third-order valence-corrected chi connectivity index (χ3v) is 3.51. The molecule has 1 aliphatic carbocycles. The van der Waals surface area contributed by atoms with E-state index in [0.29, 0.717) is 10.4 Å². The van der Waals surface area contributed by atoms with E-state index in [9.17, 15) is 13.2 Å². The number of alkyl halides is 3. The van der Waals surface area contributed by atoms with Crippen molar-refractivity contribution in [2.45, 2.75) is 32.0 Å². The van der Waals surface area contributed by atoms with Gasteiger partial charge in [0.1, 0.15) is 0 Å². The molecular formula is C12H13BrF3N. The standard InChI is InChI=1S/C12H13BrF3N/c1-7-4-9(5-7)17-11-3-2-8(13)6-10(11)12(14,15)16/h2-3,6-7,9,17H,4-5H2,1H3. The molecule has 1 aliphatic rings. The van der Waals surface area contributed by atoms with Crippen molar-refractivity contribution in [2.24, 2.45) is 5.92 Å². The summed E-state index contributed by atoms with van der Waals surface area (Å²) in [5.41, 5.74) is -0.427. The zero-order valence-electron chi connectivity index (χ0n) is 9.31. The molecule has 0 saturated heterocycles. The number of hydrogen-bond donors (Lipinski definition) is 1. The minimum atomic E-state index is -4.32. The molecule has 1 nitrogen and oxygen atoms in total. The molecule has 0 heterocycles. The molecule has 0 spiro atoms. The number of nitrogens with one attached hydrogen (secondary N) is 1. The van der Waals surface area contributed by atoms with Crippen molar-refractivity contribution in [3.05, 3.63) is 28.2 Å². The highest BCUT2D eigenvalue weighted by atomic mass is 79.9. The molecule has 0 aromatic heterocycles. The van der Waals surface area contributed by atoms with E-state index in [1.165, 1.54) is 6.07 Å². The first-order valence-corrected chi connectivity index (χ1v) is 6.29. The number of hydrogen-bond acceptors (Lipinski definition) is 1. The second-order valence-electron chi connectivity index (χ2n) is 4.61. The average molecular weight is 308 g/mol. The summed E-state index contributed by atoms with van der Waals surface area (Å²) in [5.74, 6) is 0.609. The van der Waals surface area contributed by atoms with Gasteiger partial charge < -0.3 is 5.32 Å². The zero-order chi connectivity index (χ0) is 12.6. The van der Waals surface area contributed by atoms with Crippen LogP contribution in [0.4, 0.5) is 18.9 Å². The monoisotopic (exact) mass is 307 g/mol. The smallest absolute Gasteiger partial charge is 0.382 e. The first kappa shape index (κ1) is 12.7. The Labute approximate surface area is 107 Å². The largest absolute Gasteiger partial charge is 0.418 e. The van der Waals surface area contributed by atoms with Crippen molar-refractivity contribution in [1.82, 2.24) is 0 Å². The minimum Gasteiger partial charge on any atom is -0.382 e. The lowest BCUT2D eigenvalue weighted by Crippen LogP contribution is -2.34. The van der Waals surface area contributed by atoms with Crippen molar-refractivity contribution in [1.29, 1.82) is 0 Å². The van der Waals surface area contributed by atoms with Crippen LogP contribution in [0.25, 0.3) is 0 Å². The molecule has 94 valence electrons. The second-order valence-corrected chi connectivity index (χ2v) is 5.52. The fourth-order valence-electron chi connectivity index (χ4n) is 2.12.